The Balaban J connectivity index is 2.54. The summed E-state index contributed by atoms with van der Waals surface area (Å²) < 4.78 is 0. The first-order valence-electron chi connectivity index (χ1n) is 6.70. The first-order valence-corrected chi connectivity index (χ1v) is 6.70. The number of amides is 2. The van der Waals surface area contributed by atoms with Gasteiger partial charge < -0.3 is 15.5 Å². The van der Waals surface area contributed by atoms with Gasteiger partial charge in [-0.2, -0.15) is 0 Å². The van der Waals surface area contributed by atoms with Gasteiger partial charge in [0.1, 0.15) is 0 Å². The quantitative estimate of drug-likeness (QED) is 0.792. The van der Waals surface area contributed by atoms with Crippen molar-refractivity contribution in [3.8, 4) is 0 Å². The van der Waals surface area contributed by atoms with E-state index in [4.69, 9.17) is 5.73 Å². The summed E-state index contributed by atoms with van der Waals surface area (Å²) >= 11 is 0. The van der Waals surface area contributed by atoms with Gasteiger partial charge in [-0.3, -0.25) is 9.59 Å². The summed E-state index contributed by atoms with van der Waals surface area (Å²) in [5.41, 5.74) is 5.84. The van der Waals surface area contributed by atoms with Crippen molar-refractivity contribution >= 4 is 11.8 Å². The molecular weight excluding hydrogens is 230 g/mol. The lowest BCUT2D eigenvalue weighted by Gasteiger charge is -2.30. The predicted octanol–water partition coefficient (Wildman–Crippen LogP) is 0.441. The van der Waals surface area contributed by atoms with Crippen molar-refractivity contribution in [1.29, 1.82) is 0 Å². The maximum atomic E-state index is 12.3. The van der Waals surface area contributed by atoms with Crippen LogP contribution in [0.2, 0.25) is 0 Å². The van der Waals surface area contributed by atoms with Crippen molar-refractivity contribution in [3.05, 3.63) is 0 Å². The third-order valence-electron chi connectivity index (χ3n) is 3.64. The SMILES string of the molecule is CCN(CC(=O)N(C)C)C(=O)C1CCC(N)CC1. The highest BCUT2D eigenvalue weighted by Gasteiger charge is 2.28. The van der Waals surface area contributed by atoms with Gasteiger partial charge in [0.2, 0.25) is 11.8 Å². The van der Waals surface area contributed by atoms with Crippen LogP contribution in [-0.2, 0) is 9.59 Å². The largest absolute Gasteiger partial charge is 0.347 e. The molecule has 0 aromatic rings. The lowest BCUT2D eigenvalue weighted by atomic mass is 9.85. The molecule has 0 atom stereocenters. The highest BCUT2D eigenvalue weighted by molar-refractivity contribution is 5.85. The second kappa shape index (κ2) is 6.73. The Morgan fingerprint density at radius 2 is 1.72 bits per heavy atom. The third kappa shape index (κ3) is 3.98. The smallest absolute Gasteiger partial charge is 0.241 e. The summed E-state index contributed by atoms with van der Waals surface area (Å²) in [6.45, 7) is 2.68. The molecule has 5 nitrogen and oxygen atoms in total. The Kier molecular flexibility index (Phi) is 5.59. The van der Waals surface area contributed by atoms with E-state index in [0.717, 1.165) is 25.7 Å². The number of hydrogen-bond acceptors (Lipinski definition) is 3. The zero-order valence-electron chi connectivity index (χ0n) is 11.7. The second-order valence-electron chi connectivity index (χ2n) is 5.25. The standard InChI is InChI=1S/C13H25N3O2/c1-4-16(9-12(17)15(2)3)13(18)10-5-7-11(14)8-6-10/h10-11H,4-9,14H2,1-3H3. The van der Waals surface area contributed by atoms with E-state index in [1.165, 1.54) is 4.90 Å². The van der Waals surface area contributed by atoms with Gasteiger partial charge >= 0.3 is 0 Å². The summed E-state index contributed by atoms with van der Waals surface area (Å²) in [6.07, 6.45) is 3.53. The van der Waals surface area contributed by atoms with Crippen LogP contribution in [0.1, 0.15) is 32.6 Å². The van der Waals surface area contributed by atoms with Crippen LogP contribution in [0.5, 0.6) is 0 Å². The Morgan fingerprint density at radius 3 is 2.17 bits per heavy atom. The van der Waals surface area contributed by atoms with Crippen LogP contribution in [0.3, 0.4) is 0 Å². The first-order chi connectivity index (χ1) is 8.45. The van der Waals surface area contributed by atoms with Crippen LogP contribution in [-0.4, -0.2) is 54.8 Å². The van der Waals surface area contributed by atoms with E-state index < -0.39 is 0 Å². The zero-order valence-corrected chi connectivity index (χ0v) is 11.7. The number of rotatable bonds is 4. The maximum Gasteiger partial charge on any atom is 0.241 e. The molecule has 0 heterocycles. The van der Waals surface area contributed by atoms with E-state index in [1.807, 2.05) is 6.92 Å². The molecule has 0 spiro atoms. The normalized spacial score (nSPS) is 23.6. The highest BCUT2D eigenvalue weighted by atomic mass is 16.2. The molecule has 1 saturated carbocycles. The lowest BCUT2D eigenvalue weighted by Crippen LogP contribution is -2.44. The number of hydrogen-bond donors (Lipinski definition) is 1. The van der Waals surface area contributed by atoms with E-state index in [2.05, 4.69) is 0 Å². The van der Waals surface area contributed by atoms with Crippen LogP contribution in [0, 0.1) is 5.92 Å². The van der Waals surface area contributed by atoms with Crippen molar-refractivity contribution in [2.45, 2.75) is 38.6 Å². The summed E-state index contributed by atoms with van der Waals surface area (Å²) in [4.78, 5) is 27.1. The molecule has 2 N–H and O–H groups in total. The van der Waals surface area contributed by atoms with Gasteiger partial charge in [-0.1, -0.05) is 0 Å². The fourth-order valence-corrected chi connectivity index (χ4v) is 2.27. The molecule has 1 aliphatic rings. The minimum absolute atomic E-state index is 0.0299. The van der Waals surface area contributed by atoms with Crippen LogP contribution in [0.15, 0.2) is 0 Å². The number of carbonyl (C=O) groups is 2. The summed E-state index contributed by atoms with van der Waals surface area (Å²) in [7, 11) is 3.42. The number of nitrogens with zero attached hydrogens (tertiary/aromatic N) is 2. The number of carbonyl (C=O) groups excluding carboxylic acids is 2. The van der Waals surface area contributed by atoms with Crippen molar-refractivity contribution in [2.24, 2.45) is 11.7 Å². The van der Waals surface area contributed by atoms with Crippen LogP contribution >= 0.6 is 0 Å². The van der Waals surface area contributed by atoms with E-state index in [1.54, 1.807) is 19.0 Å². The predicted molar refractivity (Wildman–Crippen MR) is 70.9 cm³/mol. The molecule has 1 rings (SSSR count). The van der Waals surface area contributed by atoms with E-state index in [0.29, 0.717) is 6.54 Å². The van der Waals surface area contributed by atoms with Gasteiger partial charge in [0, 0.05) is 32.6 Å². The van der Waals surface area contributed by atoms with Gasteiger partial charge in [-0.15, -0.1) is 0 Å². The molecule has 0 bridgehead atoms. The molecule has 2 amide bonds. The van der Waals surface area contributed by atoms with Crippen LogP contribution in [0.4, 0.5) is 0 Å². The molecule has 0 saturated heterocycles. The van der Waals surface area contributed by atoms with E-state index in [9.17, 15) is 9.59 Å². The van der Waals surface area contributed by atoms with Crippen LogP contribution < -0.4 is 5.73 Å². The molecule has 0 radical (unpaired) electrons. The molecule has 18 heavy (non-hydrogen) atoms. The Hall–Kier alpha value is -1.10. The highest BCUT2D eigenvalue weighted by Crippen LogP contribution is 2.24. The molecule has 0 aliphatic heterocycles. The first kappa shape index (κ1) is 15.0. The minimum Gasteiger partial charge on any atom is -0.347 e. The van der Waals surface area contributed by atoms with Gasteiger partial charge in [0.25, 0.3) is 0 Å². The molecule has 0 unspecified atom stereocenters. The topological polar surface area (TPSA) is 66.6 Å². The Bertz CT molecular complexity index is 297. The van der Waals surface area contributed by atoms with E-state index in [-0.39, 0.29) is 30.3 Å². The van der Waals surface area contributed by atoms with Crippen molar-refractivity contribution in [3.63, 3.8) is 0 Å². The van der Waals surface area contributed by atoms with Crippen molar-refractivity contribution in [1.82, 2.24) is 9.80 Å². The minimum atomic E-state index is -0.0299. The molecule has 0 aromatic heterocycles. The zero-order chi connectivity index (χ0) is 13.7. The van der Waals surface area contributed by atoms with Crippen LogP contribution in [0.25, 0.3) is 0 Å². The van der Waals surface area contributed by atoms with Crippen molar-refractivity contribution in [2.75, 3.05) is 27.2 Å². The molecule has 5 heteroatoms. The Morgan fingerprint density at radius 1 is 1.17 bits per heavy atom. The van der Waals surface area contributed by atoms with Gasteiger partial charge in [0.05, 0.1) is 6.54 Å². The van der Waals surface area contributed by atoms with E-state index >= 15 is 0 Å². The summed E-state index contributed by atoms with van der Waals surface area (Å²) in [5, 5.41) is 0. The molecule has 1 fully saturated rings. The molecular formula is C13H25N3O2. The number of nitrogens with two attached hydrogens (primary N) is 1. The molecule has 1 aliphatic carbocycles. The summed E-state index contributed by atoms with van der Waals surface area (Å²) in [5.74, 6) is 0.136. The average molecular weight is 255 g/mol. The third-order valence-corrected chi connectivity index (χ3v) is 3.64. The Labute approximate surface area is 109 Å². The maximum absolute atomic E-state index is 12.3. The second-order valence-corrected chi connectivity index (χ2v) is 5.25. The summed E-state index contributed by atoms with van der Waals surface area (Å²) in [6, 6.07) is 0.243. The van der Waals surface area contributed by atoms with Crippen molar-refractivity contribution < 1.29 is 9.59 Å². The van der Waals surface area contributed by atoms with Gasteiger partial charge in [0.15, 0.2) is 0 Å². The van der Waals surface area contributed by atoms with Gasteiger partial charge in [-0.05, 0) is 32.6 Å². The molecule has 104 valence electrons. The monoisotopic (exact) mass is 255 g/mol. The van der Waals surface area contributed by atoms with Gasteiger partial charge in [-0.25, -0.2) is 0 Å². The average Bonchev–Trinajstić information content (AvgIpc) is 2.35. The fourth-order valence-electron chi connectivity index (χ4n) is 2.27. The lowest BCUT2D eigenvalue weighted by molar-refractivity contribution is -0.142. The fraction of sp³-hybridized carbons (Fsp3) is 0.846. The number of likely N-dealkylation sites (N-methyl/N-ethyl adjacent to an activating group) is 2. The molecule has 0 aromatic carbocycles.